The van der Waals surface area contributed by atoms with Gasteiger partial charge in [0.25, 0.3) is 11.5 Å². The van der Waals surface area contributed by atoms with E-state index in [0.29, 0.717) is 37.0 Å². The van der Waals surface area contributed by atoms with E-state index >= 15 is 0 Å². The van der Waals surface area contributed by atoms with Gasteiger partial charge in [-0.3, -0.25) is 14.3 Å². The minimum atomic E-state index is -0.192. The standard InChI is InChI=1S/C20H21N5O2/c1-3-18-22-19(26)15-6-4-5-7-16(15)25(18)14-9-12-24(13-10-14)20(27)17-8-11-21-23(17)2/h4-9,11H,3,10,12-13H2,1-2H3. The fourth-order valence-electron chi connectivity index (χ4n) is 3.57. The second kappa shape index (κ2) is 6.83. The van der Waals surface area contributed by atoms with Crippen LogP contribution in [-0.4, -0.2) is 43.2 Å². The van der Waals surface area contributed by atoms with Gasteiger partial charge < -0.3 is 9.47 Å². The summed E-state index contributed by atoms with van der Waals surface area (Å²) in [7, 11) is 1.77. The van der Waals surface area contributed by atoms with Crippen LogP contribution in [0.4, 0.5) is 0 Å². The number of fused-ring (bicyclic) bond motifs is 1. The van der Waals surface area contributed by atoms with Crippen molar-refractivity contribution in [2.45, 2.75) is 19.8 Å². The minimum Gasteiger partial charge on any atom is -0.333 e. The van der Waals surface area contributed by atoms with E-state index in [4.69, 9.17) is 0 Å². The zero-order valence-corrected chi connectivity index (χ0v) is 15.4. The molecule has 7 nitrogen and oxygen atoms in total. The van der Waals surface area contributed by atoms with Crippen LogP contribution in [0.3, 0.4) is 0 Å². The van der Waals surface area contributed by atoms with Crippen LogP contribution in [0.5, 0.6) is 0 Å². The summed E-state index contributed by atoms with van der Waals surface area (Å²) in [5.74, 6) is 0.722. The summed E-state index contributed by atoms with van der Waals surface area (Å²) < 4.78 is 3.67. The predicted octanol–water partition coefficient (Wildman–Crippen LogP) is 2.08. The molecule has 2 aromatic heterocycles. The van der Waals surface area contributed by atoms with Crippen molar-refractivity contribution in [3.05, 3.63) is 64.5 Å². The lowest BCUT2D eigenvalue weighted by atomic mass is 10.1. The molecule has 0 unspecified atom stereocenters. The van der Waals surface area contributed by atoms with Crippen LogP contribution < -0.4 is 5.56 Å². The van der Waals surface area contributed by atoms with Crippen molar-refractivity contribution in [1.82, 2.24) is 24.2 Å². The lowest BCUT2D eigenvalue weighted by molar-refractivity contribution is 0.0761. The molecule has 1 aromatic carbocycles. The van der Waals surface area contributed by atoms with Crippen LogP contribution >= 0.6 is 0 Å². The predicted molar refractivity (Wildman–Crippen MR) is 103 cm³/mol. The summed E-state index contributed by atoms with van der Waals surface area (Å²) in [6.45, 7) is 3.12. The van der Waals surface area contributed by atoms with Crippen molar-refractivity contribution in [1.29, 1.82) is 0 Å². The van der Waals surface area contributed by atoms with E-state index in [1.54, 1.807) is 24.0 Å². The Hall–Kier alpha value is -3.22. The van der Waals surface area contributed by atoms with Crippen molar-refractivity contribution in [3.8, 4) is 0 Å². The molecule has 4 rings (SSSR count). The topological polar surface area (TPSA) is 73.0 Å². The minimum absolute atomic E-state index is 0.0242. The molecule has 0 spiro atoms. The lowest BCUT2D eigenvalue weighted by Gasteiger charge is -2.28. The second-order valence-corrected chi connectivity index (χ2v) is 6.58. The average Bonchev–Trinajstić information content (AvgIpc) is 3.13. The van der Waals surface area contributed by atoms with Crippen molar-refractivity contribution in [2.75, 3.05) is 13.1 Å². The van der Waals surface area contributed by atoms with Gasteiger partial charge in [-0.1, -0.05) is 19.1 Å². The number of aromatic nitrogens is 4. The Balaban J connectivity index is 1.71. The molecule has 138 valence electrons. The normalized spacial score (nSPS) is 14.4. The molecule has 0 saturated carbocycles. The average molecular weight is 363 g/mol. The number of amides is 1. The van der Waals surface area contributed by atoms with Crippen molar-refractivity contribution in [3.63, 3.8) is 0 Å². The van der Waals surface area contributed by atoms with Gasteiger partial charge in [0.1, 0.15) is 11.5 Å². The molecule has 0 fully saturated rings. The molecule has 0 atom stereocenters. The SMILES string of the molecule is CCc1nc(=O)c2ccccc2n1C1=CCN(C(=O)c2ccnn2C)CC1. The van der Waals surface area contributed by atoms with Crippen molar-refractivity contribution < 1.29 is 4.79 Å². The quantitative estimate of drug-likeness (QED) is 0.714. The molecular formula is C20H21N5O2. The number of nitrogens with zero attached hydrogens (tertiary/aromatic N) is 5. The van der Waals surface area contributed by atoms with E-state index in [1.807, 2.05) is 36.1 Å². The Morgan fingerprint density at radius 1 is 1.22 bits per heavy atom. The van der Waals surface area contributed by atoms with E-state index in [0.717, 1.165) is 17.0 Å². The first-order chi connectivity index (χ1) is 13.1. The fourth-order valence-corrected chi connectivity index (χ4v) is 3.57. The van der Waals surface area contributed by atoms with Crippen LogP contribution in [0.1, 0.15) is 29.7 Å². The van der Waals surface area contributed by atoms with Gasteiger partial charge >= 0.3 is 0 Å². The molecule has 1 aliphatic rings. The van der Waals surface area contributed by atoms with Gasteiger partial charge in [-0.05, 0) is 24.3 Å². The molecule has 1 amide bonds. The molecule has 0 aliphatic carbocycles. The Labute approximate surface area is 156 Å². The van der Waals surface area contributed by atoms with E-state index in [2.05, 4.69) is 20.7 Å². The highest BCUT2D eigenvalue weighted by molar-refractivity contribution is 5.93. The molecule has 1 aliphatic heterocycles. The van der Waals surface area contributed by atoms with Gasteiger partial charge in [0.2, 0.25) is 0 Å². The van der Waals surface area contributed by atoms with Crippen LogP contribution in [0.2, 0.25) is 0 Å². The zero-order chi connectivity index (χ0) is 19.0. The fraction of sp³-hybridized carbons (Fsp3) is 0.300. The van der Waals surface area contributed by atoms with Gasteiger partial charge in [-0.15, -0.1) is 0 Å². The third-order valence-electron chi connectivity index (χ3n) is 4.98. The molecule has 7 heteroatoms. The summed E-state index contributed by atoms with van der Waals surface area (Å²) in [5.41, 5.74) is 2.33. The number of aryl methyl sites for hydroxylation is 2. The number of carbonyl (C=O) groups excluding carboxylic acids is 1. The Kier molecular flexibility index (Phi) is 4.35. The van der Waals surface area contributed by atoms with Crippen LogP contribution in [0.25, 0.3) is 16.6 Å². The maximum absolute atomic E-state index is 12.7. The number of hydrogen-bond donors (Lipinski definition) is 0. The smallest absolute Gasteiger partial charge is 0.280 e. The maximum atomic E-state index is 12.7. The highest BCUT2D eigenvalue weighted by Gasteiger charge is 2.23. The first kappa shape index (κ1) is 17.2. The third-order valence-corrected chi connectivity index (χ3v) is 4.98. The molecular weight excluding hydrogens is 342 g/mol. The molecule has 0 saturated heterocycles. The first-order valence-corrected chi connectivity index (χ1v) is 9.07. The number of rotatable bonds is 3. The van der Waals surface area contributed by atoms with Crippen LogP contribution in [-0.2, 0) is 13.5 Å². The second-order valence-electron chi connectivity index (χ2n) is 6.58. The summed E-state index contributed by atoms with van der Waals surface area (Å²) in [4.78, 5) is 31.1. The van der Waals surface area contributed by atoms with Crippen LogP contribution in [0.15, 0.2) is 47.4 Å². The summed E-state index contributed by atoms with van der Waals surface area (Å²) in [5, 5.41) is 4.69. The van der Waals surface area contributed by atoms with Gasteiger partial charge in [0.15, 0.2) is 0 Å². The number of hydrogen-bond acceptors (Lipinski definition) is 4. The van der Waals surface area contributed by atoms with Crippen LogP contribution in [0, 0.1) is 0 Å². The molecule has 27 heavy (non-hydrogen) atoms. The van der Waals surface area contributed by atoms with Gasteiger partial charge in [0.05, 0.1) is 10.9 Å². The van der Waals surface area contributed by atoms with E-state index in [9.17, 15) is 9.59 Å². The Bertz CT molecular complexity index is 1110. The molecule has 3 heterocycles. The monoisotopic (exact) mass is 363 g/mol. The maximum Gasteiger partial charge on any atom is 0.280 e. The molecule has 3 aromatic rings. The highest BCUT2D eigenvalue weighted by atomic mass is 16.2. The largest absolute Gasteiger partial charge is 0.333 e. The van der Waals surface area contributed by atoms with Crippen molar-refractivity contribution in [2.24, 2.45) is 7.05 Å². The summed E-state index contributed by atoms with van der Waals surface area (Å²) in [6.07, 6.45) is 5.04. The Morgan fingerprint density at radius 2 is 2.04 bits per heavy atom. The highest BCUT2D eigenvalue weighted by Crippen LogP contribution is 2.23. The molecule has 0 bridgehead atoms. The number of para-hydroxylation sites is 1. The van der Waals surface area contributed by atoms with Crippen molar-refractivity contribution >= 4 is 22.5 Å². The molecule has 0 N–H and O–H groups in total. The van der Waals surface area contributed by atoms with Gasteiger partial charge in [0, 0.05) is 44.9 Å². The first-order valence-electron chi connectivity index (χ1n) is 9.07. The van der Waals surface area contributed by atoms with E-state index < -0.39 is 0 Å². The summed E-state index contributed by atoms with van der Waals surface area (Å²) >= 11 is 0. The van der Waals surface area contributed by atoms with Gasteiger partial charge in [-0.2, -0.15) is 10.1 Å². The van der Waals surface area contributed by atoms with Gasteiger partial charge in [-0.25, -0.2) is 0 Å². The third kappa shape index (κ3) is 2.95. The molecule has 0 radical (unpaired) electrons. The number of carbonyl (C=O) groups is 1. The Morgan fingerprint density at radius 3 is 2.70 bits per heavy atom. The number of benzene rings is 1. The van der Waals surface area contributed by atoms with E-state index in [1.165, 1.54) is 0 Å². The van der Waals surface area contributed by atoms with E-state index in [-0.39, 0.29) is 11.5 Å². The lowest BCUT2D eigenvalue weighted by Crippen LogP contribution is -2.36. The summed E-state index contributed by atoms with van der Waals surface area (Å²) in [6, 6.07) is 9.27. The zero-order valence-electron chi connectivity index (χ0n) is 15.4.